The fraction of sp³-hybridized carbons (Fsp3) is 0.833. The lowest BCUT2D eigenvalue weighted by atomic mass is 9.84. The molecule has 0 atom stereocenters. The second-order valence-electron chi connectivity index (χ2n) is 4.09. The van der Waals surface area contributed by atoms with Crippen molar-refractivity contribution in [1.29, 1.82) is 0 Å². The number of ketones is 1. The smallest absolute Gasteiger partial charge is 0.226 e. The van der Waals surface area contributed by atoms with Crippen LogP contribution in [0.2, 0.25) is 0 Å². The Hall–Kier alpha value is -0.860. The molecule has 1 amide bonds. The maximum Gasteiger partial charge on any atom is 0.226 e. The van der Waals surface area contributed by atoms with E-state index in [2.05, 4.69) is 5.32 Å². The number of hydrogen-bond donors (Lipinski definition) is 1. The van der Waals surface area contributed by atoms with Crippen molar-refractivity contribution in [3.63, 3.8) is 0 Å². The number of rotatable bonds is 7. The number of nitrogens with one attached hydrogen (secondary N) is 1. The van der Waals surface area contributed by atoms with Gasteiger partial charge in [-0.25, -0.2) is 0 Å². The summed E-state index contributed by atoms with van der Waals surface area (Å²) in [6.07, 6.45) is 2.51. The Kier molecular flexibility index (Phi) is 5.37. The maximum atomic E-state index is 11.8. The van der Waals surface area contributed by atoms with Crippen molar-refractivity contribution in [2.75, 3.05) is 6.54 Å². The highest BCUT2D eigenvalue weighted by Gasteiger charge is 2.28. The minimum absolute atomic E-state index is 0.00940. The predicted octanol–water partition coefficient (Wildman–Crippen LogP) is 2.30. The fourth-order valence-corrected chi connectivity index (χ4v) is 1.25. The van der Waals surface area contributed by atoms with Crippen LogP contribution in [0.15, 0.2) is 0 Å². The van der Waals surface area contributed by atoms with Crippen LogP contribution < -0.4 is 5.32 Å². The Morgan fingerprint density at radius 1 is 1.33 bits per heavy atom. The summed E-state index contributed by atoms with van der Waals surface area (Å²) in [5.41, 5.74) is -0.365. The lowest BCUT2D eigenvalue weighted by Gasteiger charge is -2.24. The zero-order valence-electron chi connectivity index (χ0n) is 11.1. The van der Waals surface area contributed by atoms with Gasteiger partial charge in [0.15, 0.2) is 5.78 Å². The van der Waals surface area contributed by atoms with Crippen LogP contribution in [0.4, 0.5) is 0 Å². The third kappa shape index (κ3) is 4.45. The monoisotopic (exact) mass is 214 g/mol. The number of amides is 1. The first-order chi connectivity index (χ1) is 7.50. The van der Waals surface area contributed by atoms with Gasteiger partial charge in [-0.3, -0.25) is 9.59 Å². The summed E-state index contributed by atoms with van der Waals surface area (Å²) in [5.74, 6) is -0.0353. The first kappa shape index (κ1) is 12.2. The molecule has 88 valence electrons. The largest absolute Gasteiger partial charge is 0.349 e. The zero-order valence-corrected chi connectivity index (χ0v) is 10.1. The molecule has 0 aliphatic carbocycles. The number of carbonyl (C=O) groups is 2. The van der Waals surface area contributed by atoms with Gasteiger partial charge in [0.1, 0.15) is 0 Å². The summed E-state index contributed by atoms with van der Waals surface area (Å²) in [6, 6.07) is 0. The Bertz CT molecular complexity index is 237. The van der Waals surface area contributed by atoms with Gasteiger partial charge in [0.05, 0.1) is 6.54 Å². The van der Waals surface area contributed by atoms with Crippen LogP contribution in [-0.4, -0.2) is 18.2 Å². The van der Waals surface area contributed by atoms with Crippen LogP contribution in [0.25, 0.3) is 0 Å². The second-order valence-corrected chi connectivity index (χ2v) is 4.09. The van der Waals surface area contributed by atoms with Gasteiger partial charge < -0.3 is 5.32 Å². The van der Waals surface area contributed by atoms with E-state index in [1.165, 1.54) is 0 Å². The molecular weight excluding hydrogens is 190 g/mol. The Balaban J connectivity index is 4.01. The number of Topliss-reactive ketones (excluding diaryl/α,β-unsaturated/α-hetero) is 1. The molecule has 3 heteroatoms. The van der Waals surface area contributed by atoms with E-state index >= 15 is 0 Å². The number of hydrogen-bond acceptors (Lipinski definition) is 2. The SMILES string of the molecule is [2H]CCCC(=O)CNC(=O)C(C)(CC)CC. The summed E-state index contributed by atoms with van der Waals surface area (Å²) in [5, 5.41) is 2.68. The minimum atomic E-state index is -0.365. The average molecular weight is 214 g/mol. The summed E-state index contributed by atoms with van der Waals surface area (Å²) in [6.45, 7) is 6.24. The van der Waals surface area contributed by atoms with Crippen molar-refractivity contribution >= 4 is 11.7 Å². The van der Waals surface area contributed by atoms with E-state index in [9.17, 15) is 9.59 Å². The molecule has 0 spiro atoms. The highest BCUT2D eigenvalue weighted by molar-refractivity contribution is 5.88. The molecule has 0 heterocycles. The van der Waals surface area contributed by atoms with E-state index in [4.69, 9.17) is 1.37 Å². The van der Waals surface area contributed by atoms with Crippen molar-refractivity contribution in [3.8, 4) is 0 Å². The van der Waals surface area contributed by atoms with Crippen LogP contribution in [0.5, 0.6) is 0 Å². The Labute approximate surface area is 94.0 Å². The maximum absolute atomic E-state index is 11.8. The summed E-state index contributed by atoms with van der Waals surface area (Å²) in [7, 11) is 0. The molecule has 0 saturated carbocycles. The molecule has 1 N–H and O–H groups in total. The van der Waals surface area contributed by atoms with E-state index in [0.717, 1.165) is 12.8 Å². The van der Waals surface area contributed by atoms with Crippen molar-refractivity contribution in [1.82, 2.24) is 5.32 Å². The van der Waals surface area contributed by atoms with Crippen molar-refractivity contribution in [2.45, 2.75) is 53.4 Å². The third-order valence-electron chi connectivity index (χ3n) is 3.01. The molecule has 0 saturated heterocycles. The number of carbonyl (C=O) groups excluding carboxylic acids is 2. The summed E-state index contributed by atoms with van der Waals surface area (Å²) < 4.78 is 6.93. The van der Waals surface area contributed by atoms with Gasteiger partial charge in [-0.1, -0.05) is 27.7 Å². The molecule has 3 nitrogen and oxygen atoms in total. The third-order valence-corrected chi connectivity index (χ3v) is 3.01. The molecule has 0 aromatic carbocycles. The van der Waals surface area contributed by atoms with E-state index in [0.29, 0.717) is 12.8 Å². The van der Waals surface area contributed by atoms with Gasteiger partial charge in [0, 0.05) is 13.2 Å². The Morgan fingerprint density at radius 3 is 2.40 bits per heavy atom. The molecule has 0 aromatic heterocycles. The highest BCUT2D eigenvalue weighted by atomic mass is 16.2. The normalized spacial score (nSPS) is 12.1. The standard InChI is InChI=1S/C12H23NO2/c1-5-8-10(14)9-13-11(15)12(4,6-2)7-3/h5-9H2,1-4H3,(H,13,15)/i1D. The summed E-state index contributed by atoms with van der Waals surface area (Å²) >= 11 is 0. The molecule has 0 fully saturated rings. The molecule has 0 bridgehead atoms. The first-order valence-corrected chi connectivity index (χ1v) is 5.59. The fourth-order valence-electron chi connectivity index (χ4n) is 1.25. The van der Waals surface area contributed by atoms with E-state index in [-0.39, 0.29) is 30.5 Å². The highest BCUT2D eigenvalue weighted by Crippen LogP contribution is 2.25. The summed E-state index contributed by atoms with van der Waals surface area (Å²) in [4.78, 5) is 23.1. The topological polar surface area (TPSA) is 46.2 Å². The van der Waals surface area contributed by atoms with Crippen molar-refractivity contribution in [3.05, 3.63) is 0 Å². The van der Waals surface area contributed by atoms with Crippen molar-refractivity contribution < 1.29 is 11.0 Å². The second kappa shape index (κ2) is 6.59. The van der Waals surface area contributed by atoms with Crippen LogP contribution >= 0.6 is 0 Å². The van der Waals surface area contributed by atoms with Crippen LogP contribution in [0.3, 0.4) is 0 Å². The van der Waals surface area contributed by atoms with Crippen molar-refractivity contribution in [2.24, 2.45) is 5.41 Å². The van der Waals surface area contributed by atoms with Gasteiger partial charge in [-0.2, -0.15) is 0 Å². The minimum Gasteiger partial charge on any atom is -0.349 e. The molecule has 0 radical (unpaired) electrons. The van der Waals surface area contributed by atoms with Crippen LogP contribution in [0, 0.1) is 5.41 Å². The molecule has 0 unspecified atom stereocenters. The first-order valence-electron chi connectivity index (χ1n) is 6.30. The molecule has 0 aromatic rings. The van der Waals surface area contributed by atoms with Crippen LogP contribution in [-0.2, 0) is 9.59 Å². The molecule has 0 rings (SSSR count). The van der Waals surface area contributed by atoms with E-state index in [1.54, 1.807) is 0 Å². The molecule has 15 heavy (non-hydrogen) atoms. The predicted molar refractivity (Wildman–Crippen MR) is 61.6 cm³/mol. The molecule has 0 aliphatic rings. The molecular formula is C12H23NO2. The lowest BCUT2D eigenvalue weighted by Crippen LogP contribution is -2.40. The quantitative estimate of drug-likeness (QED) is 0.707. The Morgan fingerprint density at radius 2 is 1.93 bits per heavy atom. The van der Waals surface area contributed by atoms with Gasteiger partial charge in [0.2, 0.25) is 5.91 Å². The molecule has 0 aliphatic heterocycles. The van der Waals surface area contributed by atoms with E-state index in [1.807, 2.05) is 20.8 Å². The van der Waals surface area contributed by atoms with Gasteiger partial charge in [-0.05, 0) is 19.3 Å². The van der Waals surface area contributed by atoms with Gasteiger partial charge in [0.25, 0.3) is 0 Å². The van der Waals surface area contributed by atoms with E-state index < -0.39 is 0 Å². The van der Waals surface area contributed by atoms with Gasteiger partial charge in [-0.15, -0.1) is 0 Å². The zero-order chi connectivity index (χ0) is 12.6. The van der Waals surface area contributed by atoms with Gasteiger partial charge >= 0.3 is 0 Å². The average Bonchev–Trinajstić information content (AvgIpc) is 2.32. The van der Waals surface area contributed by atoms with Crippen LogP contribution in [0.1, 0.15) is 54.7 Å². The lowest BCUT2D eigenvalue weighted by molar-refractivity contribution is -0.132.